The van der Waals surface area contributed by atoms with E-state index in [-0.39, 0.29) is 0 Å². The molecule has 4 aliphatic carbocycles. The molecule has 4 saturated carbocycles. The van der Waals surface area contributed by atoms with Crippen molar-refractivity contribution in [3.05, 3.63) is 52.5 Å². The molecule has 5 heteroatoms. The molecular weight excluding hydrogens is 395 g/mol. The van der Waals surface area contributed by atoms with Gasteiger partial charge < -0.3 is 4.57 Å². The number of benzene rings is 1. The van der Waals surface area contributed by atoms with Crippen LogP contribution in [0.2, 0.25) is 10.0 Å². The summed E-state index contributed by atoms with van der Waals surface area (Å²) in [6.45, 7) is 1.06. The van der Waals surface area contributed by atoms with E-state index in [1.165, 1.54) is 44.1 Å². The van der Waals surface area contributed by atoms with Crippen molar-refractivity contribution >= 4 is 35.0 Å². The number of aromatic nitrogens is 2. The van der Waals surface area contributed by atoms with Crippen molar-refractivity contribution in [3.8, 4) is 0 Å². The van der Waals surface area contributed by atoms with Gasteiger partial charge in [-0.15, -0.1) is 0 Å². The summed E-state index contributed by atoms with van der Waals surface area (Å²) in [5, 5.41) is 2.12. The summed E-state index contributed by atoms with van der Waals surface area (Å²) in [6, 6.07) is 5.92. The Labute approximate surface area is 176 Å². The van der Waals surface area contributed by atoms with Gasteiger partial charge in [-0.25, -0.2) is 4.98 Å². The van der Waals surface area contributed by atoms with Crippen LogP contribution < -0.4 is 0 Å². The molecule has 0 amide bonds. The van der Waals surface area contributed by atoms with Gasteiger partial charge in [-0.3, -0.25) is 0 Å². The summed E-state index contributed by atoms with van der Waals surface area (Å²) in [7, 11) is 0. The summed E-state index contributed by atoms with van der Waals surface area (Å²) < 4.78 is 2.28. The van der Waals surface area contributed by atoms with Crippen LogP contribution in [0.3, 0.4) is 0 Å². The highest BCUT2D eigenvalue weighted by Crippen LogP contribution is 2.63. The molecule has 1 unspecified atom stereocenters. The van der Waals surface area contributed by atoms with Crippen molar-refractivity contribution < 1.29 is 0 Å². The van der Waals surface area contributed by atoms with Crippen LogP contribution in [-0.2, 0) is 12.3 Å². The Hall–Kier alpha value is -0.640. The van der Waals surface area contributed by atoms with Crippen molar-refractivity contribution in [2.24, 2.45) is 23.2 Å². The van der Waals surface area contributed by atoms with E-state index in [1.54, 1.807) is 0 Å². The lowest BCUT2D eigenvalue weighted by Crippen LogP contribution is -2.51. The molecule has 0 saturated heterocycles. The predicted molar refractivity (Wildman–Crippen MR) is 114 cm³/mol. The smallest absolute Gasteiger partial charge is 0.0946 e. The van der Waals surface area contributed by atoms with E-state index < -0.39 is 0 Å². The standard InChI is InChI=1S/C22H26Cl2N2S/c23-19-2-1-18(20(24)8-19)13-27-21(12-26-4-3-25-14-26)22-9-15-5-16(10-22)7-17(6-15)11-22/h1-4,8,14-17,21H,5-7,9-13H2. The molecule has 1 aromatic heterocycles. The molecule has 6 rings (SSSR count). The second kappa shape index (κ2) is 7.31. The van der Waals surface area contributed by atoms with Crippen molar-refractivity contribution in [1.29, 1.82) is 0 Å². The third-order valence-electron chi connectivity index (χ3n) is 7.16. The fraction of sp³-hybridized carbons (Fsp3) is 0.591. The largest absolute Gasteiger partial charge is 0.336 e. The molecule has 0 spiro atoms. The molecular formula is C22H26Cl2N2S. The Morgan fingerprint density at radius 1 is 1.11 bits per heavy atom. The van der Waals surface area contributed by atoms with Crippen LogP contribution >= 0.6 is 35.0 Å². The number of nitrogens with zero attached hydrogens (tertiary/aromatic N) is 2. The fourth-order valence-electron chi connectivity index (χ4n) is 6.41. The van der Waals surface area contributed by atoms with Gasteiger partial charge in [-0.05, 0) is 79.4 Å². The van der Waals surface area contributed by atoms with Gasteiger partial charge >= 0.3 is 0 Å². The van der Waals surface area contributed by atoms with E-state index in [0.29, 0.717) is 15.7 Å². The molecule has 4 bridgehead atoms. The van der Waals surface area contributed by atoms with Crippen molar-refractivity contribution in [2.75, 3.05) is 0 Å². The normalized spacial score (nSPS) is 32.7. The van der Waals surface area contributed by atoms with Crippen LogP contribution in [0.5, 0.6) is 0 Å². The van der Waals surface area contributed by atoms with Crippen molar-refractivity contribution in [3.63, 3.8) is 0 Å². The first kappa shape index (κ1) is 18.4. The maximum absolute atomic E-state index is 6.46. The molecule has 1 heterocycles. The molecule has 0 N–H and O–H groups in total. The molecule has 0 radical (unpaired) electrons. The summed E-state index contributed by atoms with van der Waals surface area (Å²) in [5.41, 5.74) is 1.70. The van der Waals surface area contributed by atoms with Gasteiger partial charge in [-0.1, -0.05) is 29.3 Å². The summed E-state index contributed by atoms with van der Waals surface area (Å²) in [5.74, 6) is 3.88. The Balaban J connectivity index is 1.39. The highest BCUT2D eigenvalue weighted by atomic mass is 35.5. The summed E-state index contributed by atoms with van der Waals surface area (Å²) >= 11 is 14.7. The molecule has 1 atom stereocenters. The van der Waals surface area contributed by atoms with Gasteiger partial charge in [0.2, 0.25) is 0 Å². The monoisotopic (exact) mass is 420 g/mol. The van der Waals surface area contributed by atoms with Gasteiger partial charge in [0.25, 0.3) is 0 Å². The highest BCUT2D eigenvalue weighted by molar-refractivity contribution is 7.99. The van der Waals surface area contributed by atoms with E-state index >= 15 is 0 Å². The average Bonchev–Trinajstić information content (AvgIpc) is 3.12. The maximum atomic E-state index is 6.46. The zero-order valence-electron chi connectivity index (χ0n) is 15.5. The molecule has 1 aromatic carbocycles. The van der Waals surface area contributed by atoms with Crippen LogP contribution in [0, 0.1) is 23.2 Å². The minimum atomic E-state index is 0.503. The first-order valence-corrected chi connectivity index (χ1v) is 11.9. The number of imidazole rings is 1. The zero-order chi connectivity index (χ0) is 18.4. The topological polar surface area (TPSA) is 17.8 Å². The molecule has 2 aromatic rings. The van der Waals surface area contributed by atoms with Gasteiger partial charge in [0.05, 0.1) is 6.33 Å². The third-order valence-corrected chi connectivity index (χ3v) is 9.28. The molecule has 4 aliphatic rings. The Bertz CT molecular complexity index is 769. The highest BCUT2D eigenvalue weighted by Gasteiger charge is 2.54. The zero-order valence-corrected chi connectivity index (χ0v) is 17.8. The second-order valence-corrected chi connectivity index (χ2v) is 11.1. The Kier molecular flexibility index (Phi) is 4.98. The number of hydrogen-bond acceptors (Lipinski definition) is 2. The lowest BCUT2D eigenvalue weighted by molar-refractivity contribution is -0.0553. The van der Waals surface area contributed by atoms with Crippen LogP contribution in [0.25, 0.3) is 0 Å². The van der Waals surface area contributed by atoms with Gasteiger partial charge in [0, 0.05) is 40.0 Å². The predicted octanol–water partition coefficient (Wildman–Crippen LogP) is 6.71. The van der Waals surface area contributed by atoms with Crippen molar-refractivity contribution in [1.82, 2.24) is 9.55 Å². The van der Waals surface area contributed by atoms with E-state index in [2.05, 4.69) is 33.6 Å². The van der Waals surface area contributed by atoms with Crippen molar-refractivity contribution in [2.45, 2.75) is 56.1 Å². The molecule has 2 nitrogen and oxygen atoms in total. The Morgan fingerprint density at radius 3 is 2.41 bits per heavy atom. The van der Waals surface area contributed by atoms with Crippen LogP contribution in [0.4, 0.5) is 0 Å². The summed E-state index contributed by atoms with van der Waals surface area (Å²) in [4.78, 5) is 4.28. The number of thioether (sulfide) groups is 1. The van der Waals surface area contributed by atoms with Gasteiger partial charge in [0.1, 0.15) is 0 Å². The molecule has 144 valence electrons. The number of hydrogen-bond donors (Lipinski definition) is 0. The number of rotatable bonds is 6. The lowest BCUT2D eigenvalue weighted by atomic mass is 9.48. The van der Waals surface area contributed by atoms with E-state index in [4.69, 9.17) is 23.2 Å². The number of halogens is 2. The average molecular weight is 421 g/mol. The Morgan fingerprint density at radius 2 is 1.81 bits per heavy atom. The first-order valence-electron chi connectivity index (χ1n) is 10.1. The molecule has 4 fully saturated rings. The van der Waals surface area contributed by atoms with Crippen LogP contribution in [-0.4, -0.2) is 14.8 Å². The van der Waals surface area contributed by atoms with Crippen LogP contribution in [0.15, 0.2) is 36.9 Å². The second-order valence-electron chi connectivity index (χ2n) is 9.07. The SMILES string of the molecule is Clc1ccc(CSC(Cn2ccnc2)C23CC4CC(CC(C4)C2)C3)c(Cl)c1. The minimum absolute atomic E-state index is 0.503. The van der Waals surface area contributed by atoms with E-state index in [9.17, 15) is 0 Å². The molecule has 0 aliphatic heterocycles. The third kappa shape index (κ3) is 3.68. The first-order chi connectivity index (χ1) is 13.1. The maximum Gasteiger partial charge on any atom is 0.0946 e. The van der Waals surface area contributed by atoms with Crippen LogP contribution in [0.1, 0.15) is 44.1 Å². The van der Waals surface area contributed by atoms with E-state index in [0.717, 1.165) is 35.1 Å². The summed E-state index contributed by atoms with van der Waals surface area (Å²) in [6.07, 6.45) is 14.8. The minimum Gasteiger partial charge on any atom is -0.336 e. The van der Waals surface area contributed by atoms with E-state index in [1.807, 2.05) is 24.7 Å². The van der Waals surface area contributed by atoms with Gasteiger partial charge in [0.15, 0.2) is 0 Å². The lowest BCUT2D eigenvalue weighted by Gasteiger charge is -2.59. The quantitative estimate of drug-likeness (QED) is 0.516. The molecule has 27 heavy (non-hydrogen) atoms. The fourth-order valence-corrected chi connectivity index (χ4v) is 8.52. The van der Waals surface area contributed by atoms with Gasteiger partial charge in [-0.2, -0.15) is 11.8 Å².